The van der Waals surface area contributed by atoms with E-state index in [2.05, 4.69) is 10.3 Å². The molecule has 1 aromatic carbocycles. The van der Waals surface area contributed by atoms with Crippen LogP contribution in [0.15, 0.2) is 54.9 Å². The molecule has 138 valence electrons. The molecule has 0 radical (unpaired) electrons. The Kier molecular flexibility index (Phi) is 6.84. The highest BCUT2D eigenvalue weighted by molar-refractivity contribution is 5.74. The minimum atomic E-state index is -0.110. The lowest BCUT2D eigenvalue weighted by Gasteiger charge is -2.25. The number of benzene rings is 1. The standard InChI is InChI=1S/C20H25N3O3/c24-20(22-15-17-6-4-10-21-14-17)23(16-19-9-5-12-25-19)11-13-26-18-7-2-1-3-8-18/h1-4,6-8,10,14,19H,5,9,11-13,15-16H2,(H,22,24). The molecule has 1 N–H and O–H groups in total. The van der Waals surface area contributed by atoms with Crippen LogP contribution in [0.3, 0.4) is 0 Å². The number of para-hydroxylation sites is 1. The predicted molar refractivity (Wildman–Crippen MR) is 99.0 cm³/mol. The van der Waals surface area contributed by atoms with Crippen LogP contribution in [0, 0.1) is 0 Å². The summed E-state index contributed by atoms with van der Waals surface area (Å²) in [5.74, 6) is 0.806. The van der Waals surface area contributed by atoms with Crippen molar-refractivity contribution in [3.8, 4) is 5.75 Å². The van der Waals surface area contributed by atoms with Crippen molar-refractivity contribution in [1.82, 2.24) is 15.2 Å². The average molecular weight is 355 g/mol. The number of urea groups is 1. The van der Waals surface area contributed by atoms with Gasteiger partial charge in [0.1, 0.15) is 12.4 Å². The minimum absolute atomic E-state index is 0.107. The van der Waals surface area contributed by atoms with Crippen LogP contribution in [-0.2, 0) is 11.3 Å². The number of carbonyl (C=O) groups excluding carboxylic acids is 1. The van der Waals surface area contributed by atoms with Crippen molar-refractivity contribution in [2.24, 2.45) is 0 Å². The van der Waals surface area contributed by atoms with Crippen molar-refractivity contribution in [3.63, 3.8) is 0 Å². The van der Waals surface area contributed by atoms with Crippen LogP contribution in [0.4, 0.5) is 4.79 Å². The number of pyridine rings is 1. The molecule has 1 aliphatic rings. The van der Waals surface area contributed by atoms with E-state index in [0.717, 1.165) is 30.8 Å². The van der Waals surface area contributed by atoms with E-state index in [0.29, 0.717) is 26.2 Å². The van der Waals surface area contributed by atoms with Crippen molar-refractivity contribution in [2.75, 3.05) is 26.3 Å². The van der Waals surface area contributed by atoms with E-state index in [1.54, 1.807) is 17.3 Å². The van der Waals surface area contributed by atoms with Crippen LogP contribution in [-0.4, -0.2) is 48.3 Å². The smallest absolute Gasteiger partial charge is 0.317 e. The molecule has 0 bridgehead atoms. The Hall–Kier alpha value is -2.60. The molecule has 26 heavy (non-hydrogen) atoms. The zero-order chi connectivity index (χ0) is 18.0. The molecule has 1 aliphatic heterocycles. The second kappa shape index (κ2) is 9.77. The fourth-order valence-corrected chi connectivity index (χ4v) is 2.89. The summed E-state index contributed by atoms with van der Waals surface area (Å²) < 4.78 is 11.4. The Morgan fingerprint density at radius 1 is 1.27 bits per heavy atom. The van der Waals surface area contributed by atoms with E-state index in [4.69, 9.17) is 9.47 Å². The van der Waals surface area contributed by atoms with Crippen LogP contribution >= 0.6 is 0 Å². The third-order valence-corrected chi connectivity index (χ3v) is 4.27. The number of amides is 2. The summed E-state index contributed by atoms with van der Waals surface area (Å²) >= 11 is 0. The molecule has 6 nitrogen and oxygen atoms in total. The number of aromatic nitrogens is 1. The first-order valence-corrected chi connectivity index (χ1v) is 9.02. The molecule has 2 amide bonds. The first-order chi connectivity index (χ1) is 12.8. The molecule has 2 aromatic rings. The van der Waals surface area contributed by atoms with Crippen molar-refractivity contribution >= 4 is 6.03 Å². The fraction of sp³-hybridized carbons (Fsp3) is 0.400. The number of ether oxygens (including phenoxy) is 2. The lowest BCUT2D eigenvalue weighted by molar-refractivity contribution is 0.0773. The van der Waals surface area contributed by atoms with Crippen molar-refractivity contribution in [2.45, 2.75) is 25.5 Å². The summed E-state index contributed by atoms with van der Waals surface area (Å²) in [5.41, 5.74) is 0.971. The molecular formula is C20H25N3O3. The number of carbonyl (C=O) groups is 1. The first-order valence-electron chi connectivity index (χ1n) is 9.02. The normalized spacial score (nSPS) is 16.2. The van der Waals surface area contributed by atoms with Gasteiger partial charge in [-0.1, -0.05) is 24.3 Å². The summed E-state index contributed by atoms with van der Waals surface area (Å²) in [5, 5.41) is 2.96. The Bertz CT molecular complexity index is 661. The topological polar surface area (TPSA) is 63.7 Å². The van der Waals surface area contributed by atoms with Crippen molar-refractivity contribution in [3.05, 3.63) is 60.4 Å². The molecule has 1 unspecified atom stereocenters. The zero-order valence-electron chi connectivity index (χ0n) is 14.8. The summed E-state index contributed by atoms with van der Waals surface area (Å²) in [7, 11) is 0. The summed E-state index contributed by atoms with van der Waals surface area (Å²) in [6, 6.07) is 13.3. The maximum absolute atomic E-state index is 12.6. The molecule has 2 heterocycles. The fourth-order valence-electron chi connectivity index (χ4n) is 2.89. The van der Waals surface area contributed by atoms with Gasteiger partial charge in [0.25, 0.3) is 0 Å². The highest BCUT2D eigenvalue weighted by atomic mass is 16.5. The number of hydrogen-bond acceptors (Lipinski definition) is 4. The molecule has 6 heteroatoms. The Morgan fingerprint density at radius 2 is 2.15 bits per heavy atom. The van der Waals surface area contributed by atoms with Gasteiger partial charge in [0.2, 0.25) is 0 Å². The van der Waals surface area contributed by atoms with Crippen LogP contribution in [0.2, 0.25) is 0 Å². The van der Waals surface area contributed by atoms with E-state index in [9.17, 15) is 4.79 Å². The van der Waals surface area contributed by atoms with Gasteiger partial charge >= 0.3 is 6.03 Å². The second-order valence-corrected chi connectivity index (χ2v) is 6.26. The van der Waals surface area contributed by atoms with Gasteiger partial charge in [0.15, 0.2) is 0 Å². The van der Waals surface area contributed by atoms with Crippen LogP contribution in [0.1, 0.15) is 18.4 Å². The summed E-state index contributed by atoms with van der Waals surface area (Å²) in [6.07, 6.45) is 5.62. The monoisotopic (exact) mass is 355 g/mol. The van der Waals surface area contributed by atoms with Crippen molar-refractivity contribution < 1.29 is 14.3 Å². The van der Waals surface area contributed by atoms with E-state index in [1.165, 1.54) is 0 Å². The molecule has 1 fully saturated rings. The SMILES string of the molecule is O=C(NCc1cccnc1)N(CCOc1ccccc1)CC1CCCO1. The van der Waals surface area contributed by atoms with Crippen LogP contribution in [0.25, 0.3) is 0 Å². The quantitative estimate of drug-likeness (QED) is 0.791. The van der Waals surface area contributed by atoms with Crippen LogP contribution in [0.5, 0.6) is 5.75 Å². The molecule has 0 spiro atoms. The highest BCUT2D eigenvalue weighted by Crippen LogP contribution is 2.14. The number of rotatable bonds is 8. The number of hydrogen-bond donors (Lipinski definition) is 1. The molecule has 1 aromatic heterocycles. The van der Waals surface area contributed by atoms with Gasteiger partial charge in [-0.15, -0.1) is 0 Å². The van der Waals surface area contributed by atoms with Crippen molar-refractivity contribution in [1.29, 1.82) is 0 Å². The van der Waals surface area contributed by atoms with Gasteiger partial charge < -0.3 is 19.7 Å². The van der Waals surface area contributed by atoms with E-state index >= 15 is 0 Å². The van der Waals surface area contributed by atoms with Gasteiger partial charge in [0, 0.05) is 32.1 Å². The maximum atomic E-state index is 12.6. The number of nitrogens with zero attached hydrogens (tertiary/aromatic N) is 2. The van der Waals surface area contributed by atoms with E-state index < -0.39 is 0 Å². The predicted octanol–water partition coefficient (Wildman–Crippen LogP) is 2.85. The molecular weight excluding hydrogens is 330 g/mol. The second-order valence-electron chi connectivity index (χ2n) is 6.26. The third-order valence-electron chi connectivity index (χ3n) is 4.27. The lowest BCUT2D eigenvalue weighted by atomic mass is 10.2. The minimum Gasteiger partial charge on any atom is -0.492 e. The van der Waals surface area contributed by atoms with Crippen LogP contribution < -0.4 is 10.1 Å². The lowest BCUT2D eigenvalue weighted by Crippen LogP contribution is -2.45. The first kappa shape index (κ1) is 18.2. The molecule has 1 saturated heterocycles. The van der Waals surface area contributed by atoms with Gasteiger partial charge in [0.05, 0.1) is 12.6 Å². The van der Waals surface area contributed by atoms with E-state index in [1.807, 2.05) is 42.5 Å². The van der Waals surface area contributed by atoms with Gasteiger partial charge in [-0.3, -0.25) is 4.98 Å². The highest BCUT2D eigenvalue weighted by Gasteiger charge is 2.22. The molecule has 0 saturated carbocycles. The Labute approximate surface area is 154 Å². The molecule has 0 aliphatic carbocycles. The van der Waals surface area contributed by atoms with E-state index in [-0.39, 0.29) is 12.1 Å². The van der Waals surface area contributed by atoms with Gasteiger partial charge in [-0.25, -0.2) is 4.79 Å². The summed E-state index contributed by atoms with van der Waals surface area (Å²) in [6.45, 7) is 2.76. The summed E-state index contributed by atoms with van der Waals surface area (Å²) in [4.78, 5) is 18.5. The van der Waals surface area contributed by atoms with Gasteiger partial charge in [-0.05, 0) is 36.6 Å². The average Bonchev–Trinajstić information content (AvgIpc) is 3.20. The molecule has 3 rings (SSSR count). The largest absolute Gasteiger partial charge is 0.492 e. The Balaban J connectivity index is 1.52. The number of nitrogens with one attached hydrogen (secondary N) is 1. The van der Waals surface area contributed by atoms with Gasteiger partial charge in [-0.2, -0.15) is 0 Å². The molecule has 1 atom stereocenters. The third kappa shape index (κ3) is 5.74. The Morgan fingerprint density at radius 3 is 2.88 bits per heavy atom. The maximum Gasteiger partial charge on any atom is 0.317 e. The zero-order valence-corrected chi connectivity index (χ0v) is 14.8.